The number of nitro groups is 1. The van der Waals surface area contributed by atoms with Gasteiger partial charge in [0.05, 0.1) is 21.7 Å². The van der Waals surface area contributed by atoms with Crippen molar-refractivity contribution in [1.82, 2.24) is 4.57 Å². The Balaban J connectivity index is 1.91. The maximum absolute atomic E-state index is 12.3. The Labute approximate surface area is 171 Å². The van der Waals surface area contributed by atoms with Crippen molar-refractivity contribution in [1.29, 1.82) is 0 Å². The molecule has 148 valence electrons. The number of aromatic nitrogens is 1. The van der Waals surface area contributed by atoms with E-state index >= 15 is 0 Å². The molecule has 3 aromatic rings. The van der Waals surface area contributed by atoms with Gasteiger partial charge in [0.2, 0.25) is 0 Å². The minimum Gasteiger partial charge on any atom is -0.494 e. The number of hydrogen-bond donors (Lipinski definition) is 0. The van der Waals surface area contributed by atoms with Crippen LogP contribution in [-0.2, 0) is 11.3 Å². The van der Waals surface area contributed by atoms with E-state index in [1.54, 1.807) is 24.3 Å². The largest absolute Gasteiger partial charge is 0.494 e. The van der Waals surface area contributed by atoms with E-state index in [-0.39, 0.29) is 5.69 Å². The first-order chi connectivity index (χ1) is 14.0. The van der Waals surface area contributed by atoms with Crippen LogP contribution < -0.4 is 9.54 Å². The summed E-state index contributed by atoms with van der Waals surface area (Å²) in [7, 11) is 0. The summed E-state index contributed by atoms with van der Waals surface area (Å²) >= 11 is 1.40. The van der Waals surface area contributed by atoms with Crippen LogP contribution in [0.15, 0.2) is 66.2 Å². The van der Waals surface area contributed by atoms with Crippen LogP contribution in [0.4, 0.5) is 5.69 Å². The van der Waals surface area contributed by atoms with Gasteiger partial charge in [-0.05, 0) is 48.9 Å². The van der Waals surface area contributed by atoms with Crippen molar-refractivity contribution in [2.24, 2.45) is 4.99 Å². The quantitative estimate of drug-likeness (QED) is 0.251. The standard InChI is InChI=1S/C21H19N3O4S/c1-3-13-23-18-11-10-17(28-4-2)14-19(18)29-21(23)22-20(25)12-7-15-5-8-16(9-6-15)24(26)27/h3,5-12,14H,1,4,13H2,2H3/b12-7-,22-21?. The lowest BCUT2D eigenvalue weighted by Crippen LogP contribution is -2.15. The number of benzene rings is 2. The van der Waals surface area contributed by atoms with E-state index in [1.807, 2.05) is 29.7 Å². The van der Waals surface area contributed by atoms with Crippen molar-refractivity contribution in [3.8, 4) is 5.75 Å². The van der Waals surface area contributed by atoms with Gasteiger partial charge in [-0.2, -0.15) is 4.99 Å². The Morgan fingerprint density at radius 3 is 2.72 bits per heavy atom. The zero-order chi connectivity index (χ0) is 20.8. The normalized spacial score (nSPS) is 11.8. The predicted molar refractivity (Wildman–Crippen MR) is 114 cm³/mol. The smallest absolute Gasteiger partial charge is 0.272 e. The Kier molecular flexibility index (Phi) is 6.36. The summed E-state index contributed by atoms with van der Waals surface area (Å²) in [6.45, 7) is 6.80. The van der Waals surface area contributed by atoms with Crippen LogP contribution in [-0.4, -0.2) is 22.0 Å². The van der Waals surface area contributed by atoms with Gasteiger partial charge in [0.25, 0.3) is 11.6 Å². The van der Waals surface area contributed by atoms with Gasteiger partial charge in [-0.25, -0.2) is 0 Å². The molecule has 0 aliphatic heterocycles. The van der Waals surface area contributed by atoms with Crippen molar-refractivity contribution in [2.75, 3.05) is 6.61 Å². The van der Waals surface area contributed by atoms with Crippen LogP contribution in [0.25, 0.3) is 16.3 Å². The first-order valence-electron chi connectivity index (χ1n) is 8.90. The molecule has 0 N–H and O–H groups in total. The molecule has 1 aromatic heterocycles. The molecule has 0 aliphatic carbocycles. The van der Waals surface area contributed by atoms with E-state index in [0.717, 1.165) is 16.0 Å². The second kappa shape index (κ2) is 9.11. The predicted octanol–water partition coefficient (Wildman–Crippen LogP) is 4.34. The lowest BCUT2D eigenvalue weighted by Gasteiger charge is -2.03. The number of fused-ring (bicyclic) bond motifs is 1. The summed E-state index contributed by atoms with van der Waals surface area (Å²) in [6.07, 6.45) is 4.67. The van der Waals surface area contributed by atoms with E-state index in [4.69, 9.17) is 4.74 Å². The molecule has 29 heavy (non-hydrogen) atoms. The molecule has 7 nitrogen and oxygen atoms in total. The SMILES string of the molecule is C=CCn1c(=NC(=O)/C=C\c2ccc([N+](=O)[O-])cc2)sc2cc(OCC)ccc21. The van der Waals surface area contributed by atoms with Crippen molar-refractivity contribution in [2.45, 2.75) is 13.5 Å². The van der Waals surface area contributed by atoms with E-state index in [9.17, 15) is 14.9 Å². The van der Waals surface area contributed by atoms with Crippen LogP contribution in [0.3, 0.4) is 0 Å². The third-order valence-corrected chi connectivity index (χ3v) is 5.05. The molecule has 0 atom stereocenters. The fourth-order valence-electron chi connectivity index (χ4n) is 2.71. The van der Waals surface area contributed by atoms with Gasteiger partial charge < -0.3 is 9.30 Å². The highest BCUT2D eigenvalue weighted by Crippen LogP contribution is 2.23. The number of hydrogen-bond acceptors (Lipinski definition) is 5. The van der Waals surface area contributed by atoms with Crippen LogP contribution in [0.5, 0.6) is 5.75 Å². The van der Waals surface area contributed by atoms with Crippen LogP contribution >= 0.6 is 11.3 Å². The molecule has 0 radical (unpaired) electrons. The maximum Gasteiger partial charge on any atom is 0.272 e. The molecule has 0 saturated carbocycles. The van der Waals surface area contributed by atoms with Crippen molar-refractivity contribution >= 4 is 39.2 Å². The first-order valence-corrected chi connectivity index (χ1v) is 9.71. The van der Waals surface area contributed by atoms with E-state index in [0.29, 0.717) is 23.5 Å². The molecule has 0 unspecified atom stereocenters. The van der Waals surface area contributed by atoms with Gasteiger partial charge in [0.1, 0.15) is 5.75 Å². The molecule has 0 fully saturated rings. The third-order valence-electron chi connectivity index (χ3n) is 4.00. The van der Waals surface area contributed by atoms with E-state index < -0.39 is 10.8 Å². The summed E-state index contributed by atoms with van der Waals surface area (Å²) in [4.78, 5) is 27.3. The van der Waals surface area contributed by atoms with Crippen LogP contribution in [0.2, 0.25) is 0 Å². The summed E-state index contributed by atoms with van der Waals surface area (Å²) < 4.78 is 8.42. The molecule has 3 rings (SSSR count). The van der Waals surface area contributed by atoms with E-state index in [2.05, 4.69) is 11.6 Å². The van der Waals surface area contributed by atoms with Gasteiger partial charge in [0.15, 0.2) is 4.80 Å². The molecule has 0 aliphatic rings. The monoisotopic (exact) mass is 409 g/mol. The highest BCUT2D eigenvalue weighted by atomic mass is 32.1. The van der Waals surface area contributed by atoms with Crippen LogP contribution in [0.1, 0.15) is 12.5 Å². The molecule has 0 saturated heterocycles. The van der Waals surface area contributed by atoms with Gasteiger partial charge in [0, 0.05) is 24.8 Å². The number of carbonyl (C=O) groups excluding carboxylic acids is 1. The second-order valence-electron chi connectivity index (χ2n) is 5.98. The number of allylic oxidation sites excluding steroid dienone is 1. The Bertz CT molecular complexity index is 1160. The average molecular weight is 409 g/mol. The van der Waals surface area contributed by atoms with Gasteiger partial charge in [-0.3, -0.25) is 14.9 Å². The minimum absolute atomic E-state index is 0.000304. The third kappa shape index (κ3) is 4.85. The van der Waals surface area contributed by atoms with Crippen molar-refractivity contribution in [3.63, 3.8) is 0 Å². The van der Waals surface area contributed by atoms with Crippen molar-refractivity contribution in [3.05, 3.63) is 81.7 Å². The van der Waals surface area contributed by atoms with Crippen LogP contribution in [0, 0.1) is 10.1 Å². The fourth-order valence-corrected chi connectivity index (χ4v) is 3.78. The average Bonchev–Trinajstić information content (AvgIpc) is 3.03. The summed E-state index contributed by atoms with van der Waals surface area (Å²) in [5, 5.41) is 10.7. The number of carbonyl (C=O) groups is 1. The number of ether oxygens (including phenoxy) is 1. The topological polar surface area (TPSA) is 86.7 Å². The summed E-state index contributed by atoms with van der Waals surface area (Å²) in [5.74, 6) is 0.348. The number of nitro benzene ring substituents is 1. The maximum atomic E-state index is 12.3. The molecule has 1 heterocycles. The lowest BCUT2D eigenvalue weighted by molar-refractivity contribution is -0.384. The second-order valence-corrected chi connectivity index (χ2v) is 6.99. The first kappa shape index (κ1) is 20.2. The van der Waals surface area contributed by atoms with Crippen molar-refractivity contribution < 1.29 is 14.5 Å². The number of non-ortho nitro benzene ring substituents is 1. The Hall–Kier alpha value is -3.52. The van der Waals surface area contributed by atoms with Gasteiger partial charge in [-0.1, -0.05) is 17.4 Å². The Morgan fingerprint density at radius 2 is 2.07 bits per heavy atom. The summed E-state index contributed by atoms with van der Waals surface area (Å²) in [5.41, 5.74) is 1.63. The highest BCUT2D eigenvalue weighted by molar-refractivity contribution is 7.16. The lowest BCUT2D eigenvalue weighted by atomic mass is 10.2. The van der Waals surface area contributed by atoms with Gasteiger partial charge in [-0.15, -0.1) is 6.58 Å². The Morgan fingerprint density at radius 1 is 1.31 bits per heavy atom. The number of rotatable bonds is 7. The minimum atomic E-state index is -0.468. The molecule has 1 amide bonds. The zero-order valence-electron chi connectivity index (χ0n) is 15.8. The number of thiazole rings is 1. The molecular formula is C21H19N3O4S. The highest BCUT2D eigenvalue weighted by Gasteiger charge is 2.08. The fraction of sp³-hybridized carbons (Fsp3) is 0.143. The molecule has 0 bridgehead atoms. The molecule has 8 heteroatoms. The molecule has 2 aromatic carbocycles. The number of nitrogens with zero attached hydrogens (tertiary/aromatic N) is 3. The molecular weight excluding hydrogens is 390 g/mol. The summed E-state index contributed by atoms with van der Waals surface area (Å²) in [6, 6.07) is 11.7. The number of amides is 1. The zero-order valence-corrected chi connectivity index (χ0v) is 16.6. The van der Waals surface area contributed by atoms with E-state index in [1.165, 1.54) is 29.5 Å². The van der Waals surface area contributed by atoms with Gasteiger partial charge >= 0.3 is 0 Å². The molecule has 0 spiro atoms.